The van der Waals surface area contributed by atoms with Crippen molar-refractivity contribution in [2.24, 2.45) is 11.8 Å². The zero-order valence-electron chi connectivity index (χ0n) is 15.3. The zero-order valence-corrected chi connectivity index (χ0v) is 15.3. The summed E-state index contributed by atoms with van der Waals surface area (Å²) in [4.78, 5) is 25.7. The molecule has 4 heterocycles. The summed E-state index contributed by atoms with van der Waals surface area (Å²) in [5, 5.41) is 5.69. The van der Waals surface area contributed by atoms with E-state index in [1.54, 1.807) is 6.33 Å². The van der Waals surface area contributed by atoms with Gasteiger partial charge >= 0.3 is 0 Å². The van der Waals surface area contributed by atoms with Crippen LogP contribution in [0.15, 0.2) is 43.6 Å². The highest BCUT2D eigenvalue weighted by Gasteiger charge is 2.48. The largest absolute Gasteiger partial charge is 0.346 e. The van der Waals surface area contributed by atoms with Gasteiger partial charge in [-0.1, -0.05) is 6.58 Å². The molecule has 0 radical (unpaired) electrons. The molecule has 1 aliphatic heterocycles. The minimum atomic E-state index is -0.0266. The second-order valence-electron chi connectivity index (χ2n) is 8.01. The summed E-state index contributed by atoms with van der Waals surface area (Å²) >= 11 is 0. The molecule has 1 unspecified atom stereocenters. The maximum absolute atomic E-state index is 11.9. The van der Waals surface area contributed by atoms with E-state index in [9.17, 15) is 4.79 Å². The number of carbonyl (C=O) groups is 1. The van der Waals surface area contributed by atoms with Crippen molar-refractivity contribution in [2.75, 3.05) is 13.1 Å². The van der Waals surface area contributed by atoms with Crippen molar-refractivity contribution < 1.29 is 4.79 Å². The quantitative estimate of drug-likeness (QED) is 0.726. The lowest BCUT2D eigenvalue weighted by Crippen LogP contribution is -2.33. The number of aromatic nitrogens is 5. The number of fused-ring (bicyclic) bond motifs is 2. The summed E-state index contributed by atoms with van der Waals surface area (Å²) in [5.74, 6) is 1.11. The SMILES string of the molecule is C=CC(=O)N1C[C@@H]2CC(C)(n3cc(-c4ncnc5[nH]ccc45)cn3)C[C@@H]2C1. The number of aromatic amines is 1. The van der Waals surface area contributed by atoms with E-state index in [0.29, 0.717) is 11.8 Å². The summed E-state index contributed by atoms with van der Waals surface area (Å²) in [5.41, 5.74) is 2.71. The Labute approximate surface area is 157 Å². The maximum Gasteiger partial charge on any atom is 0.245 e. The van der Waals surface area contributed by atoms with Crippen LogP contribution in [0.4, 0.5) is 0 Å². The molecule has 7 heteroatoms. The normalized spacial score (nSPS) is 27.2. The fourth-order valence-electron chi connectivity index (χ4n) is 4.95. The molecule has 2 aliphatic rings. The van der Waals surface area contributed by atoms with Gasteiger partial charge in [-0.25, -0.2) is 9.97 Å². The summed E-state index contributed by atoms with van der Waals surface area (Å²) in [6.45, 7) is 7.54. The van der Waals surface area contributed by atoms with Crippen LogP contribution in [0.25, 0.3) is 22.3 Å². The van der Waals surface area contributed by atoms with Gasteiger partial charge < -0.3 is 9.88 Å². The van der Waals surface area contributed by atoms with Crippen molar-refractivity contribution in [3.05, 3.63) is 43.6 Å². The topological polar surface area (TPSA) is 79.7 Å². The summed E-state index contributed by atoms with van der Waals surface area (Å²) < 4.78 is 2.10. The highest BCUT2D eigenvalue weighted by atomic mass is 16.2. The Bertz CT molecular complexity index is 1020. The van der Waals surface area contributed by atoms with Crippen LogP contribution in [0, 0.1) is 11.8 Å². The molecular weight excluding hydrogens is 340 g/mol. The van der Waals surface area contributed by atoms with E-state index in [2.05, 4.69) is 44.4 Å². The van der Waals surface area contributed by atoms with Gasteiger partial charge in [0.2, 0.25) is 5.91 Å². The molecule has 1 saturated carbocycles. The zero-order chi connectivity index (χ0) is 18.6. The predicted octanol–water partition coefficient (Wildman–Crippen LogP) is 2.59. The van der Waals surface area contributed by atoms with Crippen molar-refractivity contribution in [3.63, 3.8) is 0 Å². The lowest BCUT2D eigenvalue weighted by molar-refractivity contribution is -0.125. The van der Waals surface area contributed by atoms with Crippen LogP contribution in [-0.4, -0.2) is 48.6 Å². The Kier molecular flexibility index (Phi) is 3.47. The van der Waals surface area contributed by atoms with Gasteiger partial charge in [0.15, 0.2) is 0 Å². The first-order valence-electron chi connectivity index (χ1n) is 9.32. The predicted molar refractivity (Wildman–Crippen MR) is 102 cm³/mol. The minimum absolute atomic E-state index is 0.0266. The van der Waals surface area contributed by atoms with E-state index in [1.807, 2.05) is 23.4 Å². The molecule has 1 N–H and O–H groups in total. The van der Waals surface area contributed by atoms with Gasteiger partial charge in [-0.3, -0.25) is 9.48 Å². The molecule has 1 saturated heterocycles. The molecule has 1 amide bonds. The van der Waals surface area contributed by atoms with E-state index in [1.165, 1.54) is 6.08 Å². The van der Waals surface area contributed by atoms with Crippen LogP contribution in [0.5, 0.6) is 0 Å². The average Bonchev–Trinajstić information content (AvgIpc) is 3.42. The number of H-pyrrole nitrogens is 1. The van der Waals surface area contributed by atoms with Crippen LogP contribution in [0.1, 0.15) is 19.8 Å². The first kappa shape index (κ1) is 16.2. The maximum atomic E-state index is 11.9. The molecule has 5 rings (SSSR count). The van der Waals surface area contributed by atoms with Crippen LogP contribution < -0.4 is 0 Å². The molecule has 7 nitrogen and oxygen atoms in total. The lowest BCUT2D eigenvalue weighted by Gasteiger charge is -2.27. The van der Waals surface area contributed by atoms with Crippen molar-refractivity contribution in [2.45, 2.75) is 25.3 Å². The highest BCUT2D eigenvalue weighted by Crippen LogP contribution is 2.47. The van der Waals surface area contributed by atoms with Crippen molar-refractivity contribution in [1.29, 1.82) is 0 Å². The van der Waals surface area contributed by atoms with Gasteiger partial charge in [-0.05, 0) is 43.7 Å². The third-order valence-corrected chi connectivity index (χ3v) is 6.23. The smallest absolute Gasteiger partial charge is 0.245 e. The average molecular weight is 362 g/mol. The Morgan fingerprint density at radius 1 is 1.33 bits per heavy atom. The second-order valence-corrected chi connectivity index (χ2v) is 8.01. The van der Waals surface area contributed by atoms with Crippen LogP contribution in [-0.2, 0) is 10.3 Å². The lowest BCUT2D eigenvalue weighted by atomic mass is 9.98. The third kappa shape index (κ3) is 2.49. The van der Waals surface area contributed by atoms with Crippen molar-refractivity contribution >= 4 is 16.9 Å². The molecule has 0 spiro atoms. The van der Waals surface area contributed by atoms with Gasteiger partial charge in [0, 0.05) is 36.4 Å². The Morgan fingerprint density at radius 3 is 2.85 bits per heavy atom. The Balaban J connectivity index is 1.40. The van der Waals surface area contributed by atoms with E-state index in [-0.39, 0.29) is 11.4 Å². The Hall–Kier alpha value is -2.96. The fraction of sp³-hybridized carbons (Fsp3) is 0.400. The number of nitrogens with zero attached hydrogens (tertiary/aromatic N) is 5. The number of hydrogen-bond donors (Lipinski definition) is 1. The summed E-state index contributed by atoms with van der Waals surface area (Å²) in [7, 11) is 0. The molecule has 138 valence electrons. The number of hydrogen-bond acceptors (Lipinski definition) is 4. The van der Waals surface area contributed by atoms with Crippen molar-refractivity contribution in [3.8, 4) is 11.3 Å². The summed E-state index contributed by atoms with van der Waals surface area (Å²) in [6, 6.07) is 1.99. The van der Waals surface area contributed by atoms with Gasteiger partial charge in [0.05, 0.1) is 17.4 Å². The molecule has 1 aliphatic carbocycles. The van der Waals surface area contributed by atoms with Gasteiger partial charge in [-0.15, -0.1) is 0 Å². The fourth-order valence-corrected chi connectivity index (χ4v) is 4.95. The third-order valence-electron chi connectivity index (χ3n) is 6.23. The molecule has 27 heavy (non-hydrogen) atoms. The standard InChI is InChI=1S/C20H22N6O/c1-3-17(27)25-9-13-6-20(2,7-14(13)10-25)26-11-15(8-24-26)18-16-4-5-21-19(16)23-12-22-18/h3-5,8,11-14H,1,6-7,9-10H2,2H3,(H,21,22,23)/t13-,14+,20?. The molecule has 0 bridgehead atoms. The molecule has 0 aromatic carbocycles. The monoisotopic (exact) mass is 362 g/mol. The molecule has 3 aromatic rings. The number of nitrogens with one attached hydrogen (secondary N) is 1. The second kappa shape index (κ2) is 5.77. The van der Waals surface area contributed by atoms with Crippen LogP contribution in [0.2, 0.25) is 0 Å². The minimum Gasteiger partial charge on any atom is -0.346 e. The van der Waals surface area contributed by atoms with Crippen molar-refractivity contribution in [1.82, 2.24) is 29.6 Å². The summed E-state index contributed by atoms with van der Waals surface area (Å²) in [6.07, 6.45) is 10.9. The first-order chi connectivity index (χ1) is 13.1. The van der Waals surface area contributed by atoms with E-state index >= 15 is 0 Å². The molecular formula is C20H22N6O. The number of carbonyl (C=O) groups excluding carboxylic acids is 1. The Morgan fingerprint density at radius 2 is 2.11 bits per heavy atom. The van der Waals surface area contributed by atoms with Gasteiger partial charge in [-0.2, -0.15) is 5.10 Å². The molecule has 3 atom stereocenters. The van der Waals surface area contributed by atoms with E-state index in [0.717, 1.165) is 48.2 Å². The van der Waals surface area contributed by atoms with Gasteiger partial charge in [0.25, 0.3) is 0 Å². The number of likely N-dealkylation sites (tertiary alicyclic amines) is 1. The molecule has 2 fully saturated rings. The number of rotatable bonds is 3. The van der Waals surface area contributed by atoms with Crippen LogP contribution >= 0.6 is 0 Å². The number of amides is 1. The first-order valence-corrected chi connectivity index (χ1v) is 9.32. The van der Waals surface area contributed by atoms with Gasteiger partial charge in [0.1, 0.15) is 12.0 Å². The van der Waals surface area contributed by atoms with E-state index < -0.39 is 0 Å². The van der Waals surface area contributed by atoms with E-state index in [4.69, 9.17) is 0 Å². The molecule has 3 aromatic heterocycles. The van der Waals surface area contributed by atoms with Crippen LogP contribution in [0.3, 0.4) is 0 Å². The highest BCUT2D eigenvalue weighted by molar-refractivity contribution is 5.90.